The highest BCUT2D eigenvalue weighted by atomic mass is 32.2. The molecule has 0 amide bonds. The number of nitrogens with two attached hydrogens (primary N) is 1. The molecule has 2 N–H and O–H groups in total. The van der Waals surface area contributed by atoms with Gasteiger partial charge in [-0.1, -0.05) is 0 Å². The third-order valence-electron chi connectivity index (χ3n) is 2.76. The summed E-state index contributed by atoms with van der Waals surface area (Å²) < 4.78 is 22.2. The summed E-state index contributed by atoms with van der Waals surface area (Å²) in [5.74, 6) is -0.182. The summed E-state index contributed by atoms with van der Waals surface area (Å²) in [5, 5.41) is 6.96. The first kappa shape index (κ1) is 14.6. The highest BCUT2D eigenvalue weighted by Crippen LogP contribution is 2.17. The molecule has 6 heteroatoms. The SMILES string of the molecule is Cc1ccsc1C=CC(=O)c1ccc(S(N)(=O)=O)cc1. The maximum atomic E-state index is 11.9. The van der Waals surface area contributed by atoms with Crippen LogP contribution in [0.2, 0.25) is 0 Å². The van der Waals surface area contributed by atoms with Crippen molar-refractivity contribution in [3.63, 3.8) is 0 Å². The largest absolute Gasteiger partial charge is 0.289 e. The Kier molecular flexibility index (Phi) is 4.17. The molecule has 1 heterocycles. The fourth-order valence-corrected chi connectivity index (χ4v) is 2.95. The number of benzene rings is 1. The number of hydrogen-bond donors (Lipinski definition) is 1. The molecule has 104 valence electrons. The van der Waals surface area contributed by atoms with Crippen LogP contribution in [0, 0.1) is 6.92 Å². The van der Waals surface area contributed by atoms with Crippen molar-refractivity contribution in [3.8, 4) is 0 Å². The van der Waals surface area contributed by atoms with Gasteiger partial charge in [-0.2, -0.15) is 0 Å². The molecule has 2 aromatic rings. The maximum Gasteiger partial charge on any atom is 0.238 e. The number of primary sulfonamides is 1. The molecule has 0 unspecified atom stereocenters. The summed E-state index contributed by atoms with van der Waals surface area (Å²) in [6.45, 7) is 1.97. The van der Waals surface area contributed by atoms with E-state index in [0.29, 0.717) is 5.56 Å². The molecule has 4 nitrogen and oxygen atoms in total. The van der Waals surface area contributed by atoms with E-state index in [4.69, 9.17) is 5.14 Å². The van der Waals surface area contributed by atoms with E-state index in [1.54, 1.807) is 17.4 Å². The predicted molar refractivity (Wildman–Crippen MR) is 80.2 cm³/mol. The fraction of sp³-hybridized carbons (Fsp3) is 0.0714. The van der Waals surface area contributed by atoms with Crippen LogP contribution in [-0.4, -0.2) is 14.2 Å². The highest BCUT2D eigenvalue weighted by molar-refractivity contribution is 7.89. The Bertz CT molecular complexity index is 756. The minimum atomic E-state index is -3.73. The van der Waals surface area contributed by atoms with Gasteiger partial charge in [0.25, 0.3) is 0 Å². The van der Waals surface area contributed by atoms with Crippen LogP contribution < -0.4 is 5.14 Å². The van der Waals surface area contributed by atoms with Gasteiger partial charge >= 0.3 is 0 Å². The van der Waals surface area contributed by atoms with Crippen molar-refractivity contribution in [1.82, 2.24) is 0 Å². The van der Waals surface area contributed by atoms with Crippen molar-refractivity contribution < 1.29 is 13.2 Å². The number of carbonyl (C=O) groups is 1. The quantitative estimate of drug-likeness (QED) is 0.696. The Morgan fingerprint density at radius 1 is 1.20 bits per heavy atom. The van der Waals surface area contributed by atoms with Crippen LogP contribution >= 0.6 is 11.3 Å². The molecule has 2 rings (SSSR count). The number of sulfonamides is 1. The molecule has 1 aromatic heterocycles. The lowest BCUT2D eigenvalue weighted by Gasteiger charge is -1.99. The van der Waals surface area contributed by atoms with Crippen molar-refractivity contribution in [2.24, 2.45) is 5.14 Å². The first-order chi connectivity index (χ1) is 9.38. The minimum Gasteiger partial charge on any atom is -0.289 e. The van der Waals surface area contributed by atoms with Crippen molar-refractivity contribution in [2.45, 2.75) is 11.8 Å². The maximum absolute atomic E-state index is 11.9. The van der Waals surface area contributed by atoms with Crippen LogP contribution in [-0.2, 0) is 10.0 Å². The van der Waals surface area contributed by atoms with E-state index in [1.165, 1.54) is 30.3 Å². The van der Waals surface area contributed by atoms with Crippen LogP contribution in [0.15, 0.2) is 46.7 Å². The summed E-state index contributed by atoms with van der Waals surface area (Å²) in [6, 6.07) is 7.54. The minimum absolute atomic E-state index is 0.00729. The normalized spacial score (nSPS) is 11.9. The lowest BCUT2D eigenvalue weighted by Crippen LogP contribution is -2.12. The Morgan fingerprint density at radius 2 is 1.85 bits per heavy atom. The Morgan fingerprint density at radius 3 is 2.35 bits per heavy atom. The molecule has 0 aliphatic carbocycles. The smallest absolute Gasteiger partial charge is 0.238 e. The molecule has 0 aliphatic rings. The zero-order chi connectivity index (χ0) is 14.8. The second-order valence-electron chi connectivity index (χ2n) is 4.23. The molecule has 0 atom stereocenters. The van der Waals surface area contributed by atoms with Crippen LogP contribution in [0.4, 0.5) is 0 Å². The summed E-state index contributed by atoms with van der Waals surface area (Å²) in [4.78, 5) is 13.0. The fourth-order valence-electron chi connectivity index (χ4n) is 1.61. The molecular weight excluding hydrogens is 294 g/mol. The number of carbonyl (C=O) groups excluding carboxylic acids is 1. The van der Waals surface area contributed by atoms with Gasteiger partial charge in [0.1, 0.15) is 0 Å². The number of aryl methyl sites for hydroxylation is 1. The third kappa shape index (κ3) is 3.41. The summed E-state index contributed by atoms with van der Waals surface area (Å²) in [7, 11) is -3.73. The van der Waals surface area contributed by atoms with Gasteiger partial charge in [0.15, 0.2) is 5.78 Å². The zero-order valence-corrected chi connectivity index (χ0v) is 12.4. The van der Waals surface area contributed by atoms with Crippen LogP contribution in [0.3, 0.4) is 0 Å². The average molecular weight is 307 g/mol. The van der Waals surface area contributed by atoms with Gasteiger partial charge in [-0.15, -0.1) is 11.3 Å². The van der Waals surface area contributed by atoms with Gasteiger partial charge in [0, 0.05) is 10.4 Å². The number of thiophene rings is 1. The second-order valence-corrected chi connectivity index (χ2v) is 6.74. The van der Waals surface area contributed by atoms with Crippen LogP contribution in [0.25, 0.3) is 6.08 Å². The summed E-state index contributed by atoms with van der Waals surface area (Å²) >= 11 is 1.56. The molecular formula is C14H13NO3S2. The number of allylic oxidation sites excluding steroid dienone is 1. The van der Waals surface area contributed by atoms with Crippen LogP contribution in [0.1, 0.15) is 20.8 Å². The standard InChI is InChI=1S/C14H13NO3S2/c1-10-8-9-19-14(10)7-6-13(16)11-2-4-12(5-3-11)20(15,17)18/h2-9H,1H3,(H2,15,17,18). The van der Waals surface area contributed by atoms with Crippen molar-refractivity contribution in [2.75, 3.05) is 0 Å². The first-order valence-corrected chi connectivity index (χ1v) is 8.20. The molecule has 0 fully saturated rings. The average Bonchev–Trinajstić information content (AvgIpc) is 2.81. The Balaban J connectivity index is 2.18. The lowest BCUT2D eigenvalue weighted by molar-refractivity contribution is 0.104. The Hall–Kier alpha value is -1.76. The molecule has 0 saturated heterocycles. The topological polar surface area (TPSA) is 77.2 Å². The van der Waals surface area contributed by atoms with E-state index >= 15 is 0 Å². The van der Waals surface area contributed by atoms with Gasteiger partial charge in [0.05, 0.1) is 4.90 Å². The monoisotopic (exact) mass is 307 g/mol. The molecule has 1 aromatic carbocycles. The number of ketones is 1. The molecule has 0 radical (unpaired) electrons. The van der Waals surface area contributed by atoms with Crippen LogP contribution in [0.5, 0.6) is 0 Å². The van der Waals surface area contributed by atoms with Gasteiger partial charge < -0.3 is 0 Å². The number of hydrogen-bond acceptors (Lipinski definition) is 4. The van der Waals surface area contributed by atoms with E-state index in [0.717, 1.165) is 10.4 Å². The second kappa shape index (κ2) is 5.70. The highest BCUT2D eigenvalue weighted by Gasteiger charge is 2.08. The van der Waals surface area contributed by atoms with E-state index in [1.807, 2.05) is 18.4 Å². The molecule has 0 aliphatic heterocycles. The van der Waals surface area contributed by atoms with E-state index in [-0.39, 0.29) is 10.7 Å². The Labute approximate surface area is 121 Å². The lowest BCUT2D eigenvalue weighted by atomic mass is 10.1. The van der Waals surface area contributed by atoms with E-state index in [9.17, 15) is 13.2 Å². The van der Waals surface area contributed by atoms with Gasteiger partial charge in [-0.3, -0.25) is 4.79 Å². The van der Waals surface area contributed by atoms with E-state index < -0.39 is 10.0 Å². The van der Waals surface area contributed by atoms with Gasteiger partial charge in [-0.25, -0.2) is 13.6 Å². The van der Waals surface area contributed by atoms with Crippen molar-refractivity contribution >= 4 is 33.2 Å². The van der Waals surface area contributed by atoms with E-state index in [2.05, 4.69) is 0 Å². The van der Waals surface area contributed by atoms with Gasteiger partial charge in [-0.05, 0) is 60.4 Å². The third-order valence-corrected chi connectivity index (χ3v) is 4.67. The van der Waals surface area contributed by atoms with Gasteiger partial charge in [0.2, 0.25) is 10.0 Å². The molecule has 20 heavy (non-hydrogen) atoms. The zero-order valence-electron chi connectivity index (χ0n) is 10.7. The molecule has 0 saturated carbocycles. The predicted octanol–water partition coefficient (Wildman–Crippen LogP) is 2.60. The molecule has 0 bridgehead atoms. The summed E-state index contributed by atoms with van der Waals surface area (Å²) in [6.07, 6.45) is 3.24. The first-order valence-electron chi connectivity index (χ1n) is 5.77. The number of rotatable bonds is 4. The molecule has 0 spiro atoms. The summed E-state index contributed by atoms with van der Waals surface area (Å²) in [5.41, 5.74) is 1.53. The van der Waals surface area contributed by atoms with Crippen molar-refractivity contribution in [3.05, 3.63) is 57.8 Å². The van der Waals surface area contributed by atoms with Crippen molar-refractivity contribution in [1.29, 1.82) is 0 Å².